The van der Waals surface area contributed by atoms with E-state index >= 15 is 0 Å². The lowest BCUT2D eigenvalue weighted by atomic mass is 10.0. The number of nitro groups is 1. The number of non-ortho nitro benzene ring substituents is 1. The molecule has 2 aromatic rings. The first kappa shape index (κ1) is 20.1. The van der Waals surface area contributed by atoms with Crippen molar-refractivity contribution in [1.82, 2.24) is 10.2 Å². The van der Waals surface area contributed by atoms with Gasteiger partial charge < -0.3 is 10.1 Å². The van der Waals surface area contributed by atoms with Crippen LogP contribution in [0.3, 0.4) is 0 Å². The van der Waals surface area contributed by atoms with Crippen LogP contribution in [0.25, 0.3) is 0 Å². The zero-order valence-corrected chi connectivity index (χ0v) is 15.2. The lowest BCUT2D eigenvalue weighted by Gasteiger charge is -2.36. The maximum Gasteiger partial charge on any atom is 0.270 e. The van der Waals surface area contributed by atoms with Crippen LogP contribution >= 0.6 is 12.4 Å². The Hall–Kier alpha value is -2.22. The maximum absolute atomic E-state index is 13.6. The first-order valence-electron chi connectivity index (χ1n) is 8.10. The van der Waals surface area contributed by atoms with E-state index < -0.39 is 4.92 Å². The van der Waals surface area contributed by atoms with Crippen molar-refractivity contribution in [2.75, 3.05) is 26.7 Å². The number of piperazine rings is 1. The number of nitrogens with one attached hydrogen (secondary N) is 1. The number of nitrogens with zero attached hydrogens (tertiary/aromatic N) is 2. The predicted molar refractivity (Wildman–Crippen MR) is 99.3 cm³/mol. The molecule has 8 heteroatoms. The minimum atomic E-state index is -0.412. The second-order valence-electron chi connectivity index (χ2n) is 6.00. The highest BCUT2D eigenvalue weighted by molar-refractivity contribution is 5.85. The van der Waals surface area contributed by atoms with Crippen molar-refractivity contribution in [3.63, 3.8) is 0 Å². The van der Waals surface area contributed by atoms with Crippen molar-refractivity contribution in [1.29, 1.82) is 0 Å². The summed E-state index contributed by atoms with van der Waals surface area (Å²) in [6, 6.07) is 11.2. The van der Waals surface area contributed by atoms with Crippen LogP contribution in [-0.4, -0.2) is 36.6 Å². The molecule has 0 bridgehead atoms. The van der Waals surface area contributed by atoms with Gasteiger partial charge in [-0.25, -0.2) is 4.39 Å². The van der Waals surface area contributed by atoms with E-state index in [9.17, 15) is 14.5 Å². The molecule has 140 valence electrons. The molecule has 1 fully saturated rings. The van der Waals surface area contributed by atoms with Gasteiger partial charge in [-0.05, 0) is 23.8 Å². The van der Waals surface area contributed by atoms with Gasteiger partial charge in [-0.2, -0.15) is 0 Å². The third kappa shape index (κ3) is 4.49. The Morgan fingerprint density at radius 1 is 1.35 bits per heavy atom. The van der Waals surface area contributed by atoms with Crippen molar-refractivity contribution >= 4 is 18.1 Å². The molecule has 3 rings (SSSR count). The van der Waals surface area contributed by atoms with Crippen LogP contribution in [0.1, 0.15) is 17.2 Å². The molecule has 1 N–H and O–H groups in total. The fourth-order valence-electron chi connectivity index (χ4n) is 3.20. The molecule has 6 nitrogen and oxygen atoms in total. The normalized spacial score (nSPS) is 17.4. The number of ether oxygens (including phenoxy) is 1. The average molecular weight is 382 g/mol. The summed E-state index contributed by atoms with van der Waals surface area (Å²) >= 11 is 0. The van der Waals surface area contributed by atoms with Crippen LogP contribution in [0.5, 0.6) is 5.75 Å². The van der Waals surface area contributed by atoms with E-state index in [0.717, 1.165) is 24.2 Å². The second kappa shape index (κ2) is 8.93. The summed E-state index contributed by atoms with van der Waals surface area (Å²) in [6.07, 6.45) is 0. The fraction of sp³-hybridized carbons (Fsp3) is 0.333. The number of hydrogen-bond donors (Lipinski definition) is 1. The van der Waals surface area contributed by atoms with E-state index in [4.69, 9.17) is 4.74 Å². The predicted octanol–water partition coefficient (Wildman–Crippen LogP) is 3.31. The minimum absolute atomic E-state index is 0. The number of methoxy groups -OCH3 is 1. The highest BCUT2D eigenvalue weighted by atomic mass is 35.5. The molecule has 1 heterocycles. The highest BCUT2D eigenvalue weighted by Crippen LogP contribution is 2.30. The van der Waals surface area contributed by atoms with Crippen LogP contribution in [0.4, 0.5) is 10.1 Å². The zero-order chi connectivity index (χ0) is 17.8. The van der Waals surface area contributed by atoms with Crippen molar-refractivity contribution in [3.05, 3.63) is 69.5 Å². The summed E-state index contributed by atoms with van der Waals surface area (Å²) in [5, 5.41) is 14.4. The molecule has 1 aliphatic heterocycles. The average Bonchev–Trinajstić information content (AvgIpc) is 2.62. The molecule has 1 aliphatic rings. The van der Waals surface area contributed by atoms with Gasteiger partial charge in [-0.3, -0.25) is 15.0 Å². The van der Waals surface area contributed by atoms with Crippen molar-refractivity contribution in [3.8, 4) is 5.75 Å². The molecule has 2 aromatic carbocycles. The number of nitro benzene ring substituents is 1. The molecule has 1 saturated heterocycles. The SMILES string of the molecule is COc1ccc([N+](=O)[O-])cc1CN1CCNCC1c1cccc(F)c1.Cl. The lowest BCUT2D eigenvalue weighted by molar-refractivity contribution is -0.385. The quantitative estimate of drug-likeness (QED) is 0.635. The van der Waals surface area contributed by atoms with Gasteiger partial charge in [-0.15, -0.1) is 12.4 Å². The monoisotopic (exact) mass is 381 g/mol. The summed E-state index contributed by atoms with van der Waals surface area (Å²) < 4.78 is 19.0. The van der Waals surface area contributed by atoms with E-state index in [1.54, 1.807) is 25.3 Å². The summed E-state index contributed by atoms with van der Waals surface area (Å²) in [7, 11) is 1.55. The molecule has 0 aliphatic carbocycles. The Bertz CT molecular complexity index is 775. The van der Waals surface area contributed by atoms with E-state index in [2.05, 4.69) is 10.2 Å². The third-order valence-corrected chi connectivity index (χ3v) is 4.44. The standard InChI is InChI=1S/C18H20FN3O3.ClH/c1-25-18-6-5-16(22(23)24)10-14(18)12-21-8-7-20-11-17(21)13-3-2-4-15(19)9-13;/h2-6,9-10,17,20H,7-8,11-12H2,1H3;1H. The molecule has 26 heavy (non-hydrogen) atoms. The smallest absolute Gasteiger partial charge is 0.270 e. The first-order chi connectivity index (χ1) is 12.1. The molecule has 0 radical (unpaired) electrons. The van der Waals surface area contributed by atoms with Gasteiger partial charge in [0.25, 0.3) is 5.69 Å². The van der Waals surface area contributed by atoms with Gasteiger partial charge in [0.05, 0.1) is 12.0 Å². The largest absolute Gasteiger partial charge is 0.496 e. The summed E-state index contributed by atoms with van der Waals surface area (Å²) in [4.78, 5) is 12.8. The first-order valence-corrected chi connectivity index (χ1v) is 8.10. The van der Waals surface area contributed by atoms with Crippen molar-refractivity contribution < 1.29 is 14.1 Å². The molecule has 0 amide bonds. The van der Waals surface area contributed by atoms with Gasteiger partial charge in [0.15, 0.2) is 0 Å². The Morgan fingerprint density at radius 3 is 2.85 bits per heavy atom. The fourth-order valence-corrected chi connectivity index (χ4v) is 3.20. The Balaban J connectivity index is 0.00000243. The number of benzene rings is 2. The Morgan fingerprint density at radius 2 is 2.15 bits per heavy atom. The number of hydrogen-bond acceptors (Lipinski definition) is 5. The van der Waals surface area contributed by atoms with Gasteiger partial charge in [-0.1, -0.05) is 12.1 Å². The van der Waals surface area contributed by atoms with Crippen LogP contribution < -0.4 is 10.1 Å². The molecule has 1 unspecified atom stereocenters. The van der Waals surface area contributed by atoms with E-state index in [1.807, 2.05) is 6.07 Å². The molecule has 1 atom stereocenters. The molecular weight excluding hydrogens is 361 g/mol. The van der Waals surface area contributed by atoms with Gasteiger partial charge in [0.2, 0.25) is 0 Å². The van der Waals surface area contributed by atoms with Gasteiger partial charge >= 0.3 is 0 Å². The van der Waals surface area contributed by atoms with Gasteiger partial charge in [0.1, 0.15) is 11.6 Å². The number of rotatable bonds is 5. The Kier molecular flexibility index (Phi) is 6.90. The molecule has 0 spiro atoms. The summed E-state index contributed by atoms with van der Waals surface area (Å²) in [5.41, 5.74) is 1.67. The lowest BCUT2D eigenvalue weighted by Crippen LogP contribution is -2.45. The van der Waals surface area contributed by atoms with E-state index in [-0.39, 0.29) is 30.0 Å². The van der Waals surface area contributed by atoms with Crippen LogP contribution in [0.2, 0.25) is 0 Å². The van der Waals surface area contributed by atoms with Crippen molar-refractivity contribution in [2.24, 2.45) is 0 Å². The second-order valence-corrected chi connectivity index (χ2v) is 6.00. The van der Waals surface area contributed by atoms with Crippen LogP contribution in [-0.2, 0) is 6.54 Å². The molecule has 0 saturated carbocycles. The van der Waals surface area contributed by atoms with Crippen LogP contribution in [0, 0.1) is 15.9 Å². The van der Waals surface area contributed by atoms with Gasteiger partial charge in [0, 0.05) is 49.9 Å². The topological polar surface area (TPSA) is 67.6 Å². The van der Waals surface area contributed by atoms with E-state index in [1.165, 1.54) is 18.2 Å². The highest BCUT2D eigenvalue weighted by Gasteiger charge is 2.25. The number of halogens is 2. The van der Waals surface area contributed by atoms with Crippen LogP contribution in [0.15, 0.2) is 42.5 Å². The van der Waals surface area contributed by atoms with Crippen molar-refractivity contribution in [2.45, 2.75) is 12.6 Å². The van der Waals surface area contributed by atoms with E-state index in [0.29, 0.717) is 18.8 Å². The zero-order valence-electron chi connectivity index (χ0n) is 14.4. The molecular formula is C18H21ClFN3O3. The summed E-state index contributed by atoms with van der Waals surface area (Å²) in [5.74, 6) is 0.345. The molecule has 0 aromatic heterocycles. The maximum atomic E-state index is 13.6. The summed E-state index contributed by atoms with van der Waals surface area (Å²) in [6.45, 7) is 2.75. The Labute approximate surface area is 157 Å². The third-order valence-electron chi connectivity index (χ3n) is 4.44. The minimum Gasteiger partial charge on any atom is -0.496 e.